The lowest BCUT2D eigenvalue weighted by molar-refractivity contribution is -0.126. The summed E-state index contributed by atoms with van der Waals surface area (Å²) in [6.45, 7) is 3.64. The van der Waals surface area contributed by atoms with E-state index in [1.165, 1.54) is 17.0 Å². The average Bonchev–Trinajstić information content (AvgIpc) is 3.35. The largest absolute Gasteiger partial charge is 0.274 e. The van der Waals surface area contributed by atoms with Crippen molar-refractivity contribution >= 4 is 17.5 Å². The maximum absolute atomic E-state index is 13.4. The standard InChI is InChI=1S/C22H22FN3O2/c1-2-14-4-10-17(11-5-14)26-21(27)18-19(15-6-8-16(23)9-7-15)24-12-3-13-25(24)20(18)22(26)28/h4-11,18-20H,2-3,12-13H2,1H3/t18-,19+,20-/m0/s1. The highest BCUT2D eigenvalue weighted by Gasteiger charge is 2.62. The van der Waals surface area contributed by atoms with E-state index >= 15 is 0 Å². The third-order valence-corrected chi connectivity index (χ3v) is 6.22. The normalized spacial score (nSPS) is 27.5. The van der Waals surface area contributed by atoms with Crippen molar-refractivity contribution in [3.63, 3.8) is 0 Å². The molecule has 144 valence electrons. The number of rotatable bonds is 3. The maximum atomic E-state index is 13.4. The highest BCUT2D eigenvalue weighted by atomic mass is 19.1. The molecule has 3 aliphatic heterocycles. The van der Waals surface area contributed by atoms with Crippen LogP contribution in [0, 0.1) is 11.7 Å². The number of benzene rings is 2. The Bertz CT molecular complexity index is 928. The Balaban J connectivity index is 1.55. The number of hydrogen-bond donors (Lipinski definition) is 0. The smallest absolute Gasteiger partial charge is 0.253 e. The van der Waals surface area contributed by atoms with Gasteiger partial charge in [-0.3, -0.25) is 9.59 Å². The molecule has 3 fully saturated rings. The van der Waals surface area contributed by atoms with Crippen LogP contribution in [0.25, 0.3) is 0 Å². The van der Waals surface area contributed by atoms with Crippen molar-refractivity contribution in [2.45, 2.75) is 31.8 Å². The van der Waals surface area contributed by atoms with Gasteiger partial charge in [-0.15, -0.1) is 0 Å². The van der Waals surface area contributed by atoms with E-state index in [2.05, 4.69) is 16.9 Å². The molecular weight excluding hydrogens is 357 g/mol. The molecule has 3 heterocycles. The van der Waals surface area contributed by atoms with E-state index in [1.54, 1.807) is 12.1 Å². The Morgan fingerprint density at radius 2 is 1.54 bits per heavy atom. The molecule has 6 heteroatoms. The number of aryl methyl sites for hydroxylation is 1. The zero-order chi connectivity index (χ0) is 19.4. The predicted octanol–water partition coefficient (Wildman–Crippen LogP) is 2.92. The lowest BCUT2D eigenvalue weighted by atomic mass is 9.90. The van der Waals surface area contributed by atoms with Crippen LogP contribution >= 0.6 is 0 Å². The third-order valence-electron chi connectivity index (χ3n) is 6.22. The number of fused-ring (bicyclic) bond motifs is 3. The Hall–Kier alpha value is -2.57. The Kier molecular flexibility index (Phi) is 4.07. The minimum atomic E-state index is -0.476. The lowest BCUT2D eigenvalue weighted by Gasteiger charge is -2.29. The van der Waals surface area contributed by atoms with Crippen molar-refractivity contribution in [1.29, 1.82) is 0 Å². The van der Waals surface area contributed by atoms with Gasteiger partial charge in [0, 0.05) is 13.1 Å². The Labute approximate surface area is 163 Å². The van der Waals surface area contributed by atoms with Crippen LogP contribution in [0.5, 0.6) is 0 Å². The second kappa shape index (κ2) is 6.50. The highest BCUT2D eigenvalue weighted by Crippen LogP contribution is 2.48. The van der Waals surface area contributed by atoms with Crippen LogP contribution in [0.1, 0.15) is 30.5 Å². The molecule has 0 spiro atoms. The zero-order valence-electron chi connectivity index (χ0n) is 15.7. The first kappa shape index (κ1) is 17.5. The quantitative estimate of drug-likeness (QED) is 0.770. The SMILES string of the molecule is CCc1ccc(N2C(=O)[C@@H]3[C@@H](C2=O)N2CCCN2[C@@H]3c2ccc(F)cc2)cc1. The zero-order valence-corrected chi connectivity index (χ0v) is 15.7. The second-order valence-corrected chi connectivity index (χ2v) is 7.68. The molecular formula is C22H22FN3O2. The molecule has 0 radical (unpaired) electrons. The van der Waals surface area contributed by atoms with Crippen molar-refractivity contribution in [1.82, 2.24) is 10.0 Å². The minimum absolute atomic E-state index is 0.157. The summed E-state index contributed by atoms with van der Waals surface area (Å²) in [5.74, 6) is -1.09. The maximum Gasteiger partial charge on any atom is 0.253 e. The van der Waals surface area contributed by atoms with Crippen LogP contribution in [0.2, 0.25) is 0 Å². The van der Waals surface area contributed by atoms with Crippen LogP contribution in [0.15, 0.2) is 48.5 Å². The molecule has 3 saturated heterocycles. The summed E-state index contributed by atoms with van der Waals surface area (Å²) in [6, 6.07) is 13.2. The van der Waals surface area contributed by atoms with Gasteiger partial charge in [0.15, 0.2) is 0 Å². The molecule has 2 amide bonds. The monoisotopic (exact) mass is 379 g/mol. The second-order valence-electron chi connectivity index (χ2n) is 7.68. The number of halogens is 1. The molecule has 0 unspecified atom stereocenters. The van der Waals surface area contributed by atoms with Gasteiger partial charge in [0.25, 0.3) is 5.91 Å². The highest BCUT2D eigenvalue weighted by molar-refractivity contribution is 6.24. The third kappa shape index (κ3) is 2.45. The van der Waals surface area contributed by atoms with Gasteiger partial charge in [-0.05, 0) is 48.2 Å². The molecule has 3 aliphatic rings. The number of imide groups is 1. The fourth-order valence-corrected chi connectivity index (χ4v) is 4.91. The molecule has 2 aromatic rings. The minimum Gasteiger partial charge on any atom is -0.274 e. The number of carbonyl (C=O) groups excluding carboxylic acids is 2. The molecule has 0 saturated carbocycles. The summed E-state index contributed by atoms with van der Waals surface area (Å²) < 4.78 is 13.4. The van der Waals surface area contributed by atoms with E-state index in [1.807, 2.05) is 24.3 Å². The summed E-state index contributed by atoms with van der Waals surface area (Å²) >= 11 is 0. The van der Waals surface area contributed by atoms with Crippen LogP contribution in [-0.4, -0.2) is 41.0 Å². The summed E-state index contributed by atoms with van der Waals surface area (Å²) in [6.07, 6.45) is 1.86. The van der Waals surface area contributed by atoms with Crippen LogP contribution in [0.4, 0.5) is 10.1 Å². The molecule has 5 rings (SSSR count). The molecule has 0 aliphatic carbocycles. The van der Waals surface area contributed by atoms with E-state index in [9.17, 15) is 14.0 Å². The average molecular weight is 379 g/mol. The van der Waals surface area contributed by atoms with Gasteiger partial charge >= 0.3 is 0 Å². The fourth-order valence-electron chi connectivity index (χ4n) is 4.91. The Morgan fingerprint density at radius 3 is 2.18 bits per heavy atom. The molecule has 5 nitrogen and oxygen atoms in total. The molecule has 0 bridgehead atoms. The van der Waals surface area contributed by atoms with Gasteiger partial charge in [-0.2, -0.15) is 0 Å². The molecule has 2 aromatic carbocycles. The summed E-state index contributed by atoms with van der Waals surface area (Å²) in [5.41, 5.74) is 2.67. The van der Waals surface area contributed by atoms with E-state index in [0.29, 0.717) is 5.69 Å². The molecule has 3 atom stereocenters. The van der Waals surface area contributed by atoms with Crippen molar-refractivity contribution in [2.24, 2.45) is 5.92 Å². The van der Waals surface area contributed by atoms with Gasteiger partial charge < -0.3 is 0 Å². The van der Waals surface area contributed by atoms with Crippen molar-refractivity contribution in [2.75, 3.05) is 18.0 Å². The van der Waals surface area contributed by atoms with Gasteiger partial charge in [0.1, 0.15) is 11.9 Å². The van der Waals surface area contributed by atoms with Crippen molar-refractivity contribution in [3.8, 4) is 0 Å². The van der Waals surface area contributed by atoms with Crippen molar-refractivity contribution in [3.05, 3.63) is 65.5 Å². The molecule has 0 N–H and O–H groups in total. The molecule has 0 aromatic heterocycles. The summed E-state index contributed by atoms with van der Waals surface area (Å²) in [5, 5.41) is 4.19. The first-order chi connectivity index (χ1) is 13.6. The fraction of sp³-hybridized carbons (Fsp3) is 0.364. The summed E-state index contributed by atoms with van der Waals surface area (Å²) in [4.78, 5) is 28.1. The number of hydrogen-bond acceptors (Lipinski definition) is 4. The van der Waals surface area contributed by atoms with E-state index in [-0.39, 0.29) is 23.7 Å². The number of anilines is 1. The van der Waals surface area contributed by atoms with Crippen LogP contribution < -0.4 is 4.90 Å². The first-order valence-electron chi connectivity index (χ1n) is 9.85. The number of carbonyl (C=O) groups is 2. The topological polar surface area (TPSA) is 43.9 Å². The first-order valence-corrected chi connectivity index (χ1v) is 9.85. The van der Waals surface area contributed by atoms with Crippen LogP contribution in [-0.2, 0) is 16.0 Å². The van der Waals surface area contributed by atoms with Gasteiger partial charge in [-0.1, -0.05) is 31.2 Å². The number of nitrogens with zero attached hydrogens (tertiary/aromatic N) is 3. The molecule has 28 heavy (non-hydrogen) atoms. The predicted molar refractivity (Wildman–Crippen MR) is 103 cm³/mol. The van der Waals surface area contributed by atoms with E-state index in [0.717, 1.165) is 37.1 Å². The van der Waals surface area contributed by atoms with Crippen molar-refractivity contribution < 1.29 is 14.0 Å². The van der Waals surface area contributed by atoms with E-state index in [4.69, 9.17) is 0 Å². The van der Waals surface area contributed by atoms with Gasteiger partial charge in [0.2, 0.25) is 5.91 Å². The van der Waals surface area contributed by atoms with E-state index < -0.39 is 12.0 Å². The summed E-state index contributed by atoms with van der Waals surface area (Å²) in [7, 11) is 0. The van der Waals surface area contributed by atoms with Crippen LogP contribution in [0.3, 0.4) is 0 Å². The van der Waals surface area contributed by atoms with Gasteiger partial charge in [0.05, 0.1) is 17.6 Å². The lowest BCUT2D eigenvalue weighted by Crippen LogP contribution is -2.44. The Morgan fingerprint density at radius 1 is 0.893 bits per heavy atom. The van der Waals surface area contributed by atoms with Gasteiger partial charge in [-0.25, -0.2) is 19.3 Å². The number of hydrazine groups is 1. The number of amides is 2.